The number of nitro groups is 1. The second-order valence-corrected chi connectivity index (χ2v) is 6.49. The van der Waals surface area contributed by atoms with Crippen molar-refractivity contribution in [3.63, 3.8) is 0 Å². The van der Waals surface area contributed by atoms with Crippen molar-refractivity contribution in [1.82, 2.24) is 10.0 Å². The number of hydrogen-bond donors (Lipinski definition) is 3. The molecule has 0 bridgehead atoms. The maximum absolute atomic E-state index is 12.0. The van der Waals surface area contributed by atoms with Gasteiger partial charge in [0.25, 0.3) is 5.69 Å². The Kier molecular flexibility index (Phi) is 4.04. The third-order valence-electron chi connectivity index (χ3n) is 3.17. The van der Waals surface area contributed by atoms with Gasteiger partial charge in [0.2, 0.25) is 10.0 Å². The highest BCUT2D eigenvalue weighted by molar-refractivity contribution is 7.89. The first-order valence-electron chi connectivity index (χ1n) is 6.00. The first-order chi connectivity index (χ1) is 9.32. The van der Waals surface area contributed by atoms with Gasteiger partial charge in [-0.25, -0.2) is 13.1 Å². The Morgan fingerprint density at radius 3 is 2.55 bits per heavy atom. The topological polar surface area (TPSA) is 122 Å². The van der Waals surface area contributed by atoms with Gasteiger partial charge in [0.1, 0.15) is 0 Å². The average Bonchev–Trinajstić information content (AvgIpc) is 2.84. The van der Waals surface area contributed by atoms with Gasteiger partial charge in [-0.15, -0.1) is 0 Å². The van der Waals surface area contributed by atoms with Gasteiger partial charge in [0, 0.05) is 25.2 Å². The molecule has 0 spiro atoms. The molecule has 0 aromatic heterocycles. The van der Waals surface area contributed by atoms with Crippen LogP contribution in [0.1, 0.15) is 6.42 Å². The summed E-state index contributed by atoms with van der Waals surface area (Å²) in [5, 5.41) is 23.5. The highest BCUT2D eigenvalue weighted by Crippen LogP contribution is 2.17. The molecule has 3 N–H and O–H groups in total. The van der Waals surface area contributed by atoms with Crippen LogP contribution in [0.4, 0.5) is 5.69 Å². The van der Waals surface area contributed by atoms with Gasteiger partial charge in [-0.2, -0.15) is 0 Å². The molecule has 110 valence electrons. The molecule has 1 aromatic rings. The minimum atomic E-state index is -3.79. The van der Waals surface area contributed by atoms with E-state index < -0.39 is 20.5 Å². The lowest BCUT2D eigenvalue weighted by molar-refractivity contribution is -0.384. The predicted molar refractivity (Wildman–Crippen MR) is 70.7 cm³/mol. The zero-order valence-electron chi connectivity index (χ0n) is 10.6. The predicted octanol–water partition coefficient (Wildman–Crippen LogP) is -0.402. The molecule has 0 saturated carbocycles. The SMILES string of the molecule is O=[N+]([O-])c1ccc(S(=O)(=O)NCC2(O)CCNC2)cc1. The van der Waals surface area contributed by atoms with Crippen LogP contribution in [0.3, 0.4) is 0 Å². The van der Waals surface area contributed by atoms with Crippen molar-refractivity contribution in [3.8, 4) is 0 Å². The van der Waals surface area contributed by atoms with E-state index in [4.69, 9.17) is 0 Å². The summed E-state index contributed by atoms with van der Waals surface area (Å²) in [5.41, 5.74) is -1.27. The van der Waals surface area contributed by atoms with Crippen molar-refractivity contribution in [2.75, 3.05) is 19.6 Å². The number of sulfonamides is 1. The molecule has 9 heteroatoms. The first-order valence-corrected chi connectivity index (χ1v) is 7.48. The van der Waals surface area contributed by atoms with Crippen molar-refractivity contribution in [2.24, 2.45) is 0 Å². The van der Waals surface area contributed by atoms with Gasteiger partial charge in [-0.1, -0.05) is 0 Å². The van der Waals surface area contributed by atoms with Gasteiger partial charge in [-0.05, 0) is 25.1 Å². The van der Waals surface area contributed by atoms with E-state index in [-0.39, 0.29) is 17.1 Å². The Morgan fingerprint density at radius 2 is 2.05 bits per heavy atom. The highest BCUT2D eigenvalue weighted by atomic mass is 32.2. The van der Waals surface area contributed by atoms with Crippen molar-refractivity contribution in [3.05, 3.63) is 34.4 Å². The maximum Gasteiger partial charge on any atom is 0.269 e. The normalized spacial score (nSPS) is 22.9. The fourth-order valence-electron chi connectivity index (χ4n) is 1.94. The van der Waals surface area contributed by atoms with Gasteiger partial charge in [0.15, 0.2) is 0 Å². The summed E-state index contributed by atoms with van der Waals surface area (Å²) in [5.74, 6) is 0. The van der Waals surface area contributed by atoms with Crippen molar-refractivity contribution >= 4 is 15.7 Å². The highest BCUT2D eigenvalue weighted by Gasteiger charge is 2.32. The lowest BCUT2D eigenvalue weighted by Crippen LogP contribution is -2.44. The number of nitro benzene ring substituents is 1. The first kappa shape index (κ1) is 14.9. The fraction of sp³-hybridized carbons (Fsp3) is 0.455. The minimum absolute atomic E-state index is 0.0716. The minimum Gasteiger partial charge on any atom is -0.387 e. The third-order valence-corrected chi connectivity index (χ3v) is 4.59. The molecule has 0 aliphatic carbocycles. The van der Waals surface area contributed by atoms with E-state index in [1.54, 1.807) is 0 Å². The molecule has 1 unspecified atom stereocenters. The molecule has 1 atom stereocenters. The van der Waals surface area contributed by atoms with Crippen LogP contribution in [0.2, 0.25) is 0 Å². The smallest absolute Gasteiger partial charge is 0.269 e. The van der Waals surface area contributed by atoms with E-state index in [0.29, 0.717) is 19.5 Å². The van der Waals surface area contributed by atoms with E-state index in [2.05, 4.69) is 10.0 Å². The molecular formula is C11H15N3O5S. The van der Waals surface area contributed by atoms with Crippen molar-refractivity contribution < 1.29 is 18.4 Å². The average molecular weight is 301 g/mol. The molecule has 1 aliphatic heterocycles. The van der Waals surface area contributed by atoms with Crippen LogP contribution in [0.25, 0.3) is 0 Å². The number of rotatable bonds is 5. The van der Waals surface area contributed by atoms with Crippen LogP contribution in [0.5, 0.6) is 0 Å². The van der Waals surface area contributed by atoms with Crippen molar-refractivity contribution in [1.29, 1.82) is 0 Å². The molecule has 1 fully saturated rings. The largest absolute Gasteiger partial charge is 0.387 e. The number of benzene rings is 1. The maximum atomic E-state index is 12.0. The van der Waals surface area contributed by atoms with E-state index >= 15 is 0 Å². The zero-order valence-corrected chi connectivity index (χ0v) is 11.4. The Hall–Kier alpha value is -1.55. The molecule has 1 heterocycles. The summed E-state index contributed by atoms with van der Waals surface area (Å²) in [6.07, 6.45) is 0.468. The summed E-state index contributed by atoms with van der Waals surface area (Å²) in [7, 11) is -3.79. The quantitative estimate of drug-likeness (QED) is 0.502. The number of aliphatic hydroxyl groups is 1. The number of non-ortho nitro benzene ring substituents is 1. The number of nitrogens with zero attached hydrogens (tertiary/aromatic N) is 1. The second kappa shape index (κ2) is 5.44. The molecule has 0 radical (unpaired) electrons. The summed E-state index contributed by atoms with van der Waals surface area (Å²) in [6.45, 7) is 0.866. The van der Waals surface area contributed by atoms with E-state index in [9.17, 15) is 23.6 Å². The van der Waals surface area contributed by atoms with E-state index in [1.165, 1.54) is 0 Å². The number of β-amino-alcohol motifs (C(OH)–C–C–N with tert-alkyl or cyclic N) is 1. The molecule has 2 rings (SSSR count). The standard InChI is InChI=1S/C11H15N3O5S/c15-11(5-6-12-7-11)8-13-20(18,19)10-3-1-9(2-4-10)14(16)17/h1-4,12-13,15H,5-8H2. The molecule has 1 aliphatic rings. The van der Waals surface area contributed by atoms with Crippen LogP contribution in [0, 0.1) is 10.1 Å². The van der Waals surface area contributed by atoms with Crippen LogP contribution >= 0.6 is 0 Å². The summed E-state index contributed by atoms with van der Waals surface area (Å²) >= 11 is 0. The second-order valence-electron chi connectivity index (χ2n) is 4.73. The van der Waals surface area contributed by atoms with Gasteiger partial charge in [-0.3, -0.25) is 10.1 Å². The molecule has 1 saturated heterocycles. The lowest BCUT2D eigenvalue weighted by Gasteiger charge is -2.21. The zero-order chi connectivity index (χ0) is 14.8. The lowest BCUT2D eigenvalue weighted by atomic mass is 10.1. The Labute approximate surface area is 116 Å². The Morgan fingerprint density at radius 1 is 1.40 bits per heavy atom. The van der Waals surface area contributed by atoms with Gasteiger partial charge in [0.05, 0.1) is 15.4 Å². The van der Waals surface area contributed by atoms with Gasteiger partial charge >= 0.3 is 0 Å². The third kappa shape index (κ3) is 3.31. The van der Waals surface area contributed by atoms with E-state index in [0.717, 1.165) is 24.3 Å². The molecule has 0 amide bonds. The fourth-order valence-corrected chi connectivity index (χ4v) is 3.06. The molecular weight excluding hydrogens is 286 g/mol. The molecule has 20 heavy (non-hydrogen) atoms. The Bertz CT molecular complexity index is 593. The van der Waals surface area contributed by atoms with E-state index in [1.807, 2.05) is 0 Å². The summed E-state index contributed by atoms with van der Waals surface area (Å²) in [6, 6.07) is 4.58. The summed E-state index contributed by atoms with van der Waals surface area (Å²) < 4.78 is 26.3. The monoisotopic (exact) mass is 301 g/mol. The molecule has 1 aromatic carbocycles. The number of hydrogen-bond acceptors (Lipinski definition) is 6. The van der Waals surface area contributed by atoms with Gasteiger partial charge < -0.3 is 10.4 Å². The van der Waals surface area contributed by atoms with Crippen LogP contribution in [-0.4, -0.2) is 43.7 Å². The van der Waals surface area contributed by atoms with Crippen LogP contribution < -0.4 is 10.0 Å². The van der Waals surface area contributed by atoms with Crippen LogP contribution in [-0.2, 0) is 10.0 Å². The summed E-state index contributed by atoms with van der Waals surface area (Å²) in [4.78, 5) is 9.83. The van der Waals surface area contributed by atoms with Crippen molar-refractivity contribution in [2.45, 2.75) is 16.9 Å². The van der Waals surface area contributed by atoms with Crippen LogP contribution in [0.15, 0.2) is 29.2 Å². The molecule has 8 nitrogen and oxygen atoms in total. The Balaban J connectivity index is 2.08. The number of nitrogens with one attached hydrogen (secondary N) is 2.